The normalized spacial score (nSPS) is 23.9. The van der Waals surface area contributed by atoms with Crippen molar-refractivity contribution in [2.45, 2.75) is 12.5 Å². The first-order valence-corrected chi connectivity index (χ1v) is 4.50. The third-order valence-corrected chi connectivity index (χ3v) is 2.14. The summed E-state index contributed by atoms with van der Waals surface area (Å²) in [5, 5.41) is 12.1. The minimum absolute atomic E-state index is 0.125. The summed E-state index contributed by atoms with van der Waals surface area (Å²) < 4.78 is 0. The van der Waals surface area contributed by atoms with Crippen LogP contribution in [-0.2, 0) is 4.79 Å². The molecule has 1 aliphatic heterocycles. The van der Waals surface area contributed by atoms with E-state index in [4.69, 9.17) is 0 Å². The van der Waals surface area contributed by atoms with Crippen molar-refractivity contribution in [1.82, 2.24) is 5.32 Å². The molecule has 0 aliphatic carbocycles. The van der Waals surface area contributed by atoms with Crippen LogP contribution in [0.1, 0.15) is 12.0 Å². The number of aliphatic hydroxyl groups excluding tert-OH is 1. The predicted molar refractivity (Wildman–Crippen MR) is 53.2 cm³/mol. The van der Waals surface area contributed by atoms with Crippen LogP contribution in [0.15, 0.2) is 36.0 Å². The molecule has 1 amide bonds. The van der Waals surface area contributed by atoms with E-state index < -0.39 is 6.10 Å². The third kappa shape index (κ3) is 1.83. The first kappa shape index (κ1) is 8.97. The molecule has 1 fully saturated rings. The van der Waals surface area contributed by atoms with E-state index >= 15 is 0 Å². The molecule has 0 saturated carbocycles. The number of aliphatic hydroxyl groups is 1. The zero-order valence-electron chi connectivity index (χ0n) is 7.60. The van der Waals surface area contributed by atoms with Crippen molar-refractivity contribution in [2.24, 2.45) is 0 Å². The minimum atomic E-state index is -0.678. The number of rotatable bonds is 1. The van der Waals surface area contributed by atoms with E-state index in [9.17, 15) is 9.90 Å². The van der Waals surface area contributed by atoms with Gasteiger partial charge in [0.25, 0.3) is 0 Å². The van der Waals surface area contributed by atoms with Gasteiger partial charge in [0.05, 0.1) is 6.42 Å². The van der Waals surface area contributed by atoms with Gasteiger partial charge in [0.2, 0.25) is 5.91 Å². The van der Waals surface area contributed by atoms with Gasteiger partial charge in [-0.25, -0.2) is 0 Å². The van der Waals surface area contributed by atoms with Crippen LogP contribution in [0.4, 0.5) is 0 Å². The molecule has 3 heteroatoms. The van der Waals surface area contributed by atoms with Crippen molar-refractivity contribution < 1.29 is 9.90 Å². The molecular weight excluding hydrogens is 178 g/mol. The van der Waals surface area contributed by atoms with Gasteiger partial charge in [-0.3, -0.25) is 4.79 Å². The molecule has 14 heavy (non-hydrogen) atoms. The Labute approximate surface area is 82.1 Å². The Bertz CT molecular complexity index is 370. The second-order valence-electron chi connectivity index (χ2n) is 3.28. The molecule has 1 unspecified atom stereocenters. The maximum atomic E-state index is 10.9. The number of nitrogens with one attached hydrogen (secondary N) is 1. The highest BCUT2D eigenvalue weighted by molar-refractivity contribution is 5.84. The SMILES string of the molecule is O=C1CC(O)/C(=C/c2ccccc2)N1. The molecule has 0 spiro atoms. The highest BCUT2D eigenvalue weighted by atomic mass is 16.3. The Morgan fingerprint density at radius 2 is 2.07 bits per heavy atom. The fourth-order valence-electron chi connectivity index (χ4n) is 1.44. The molecule has 2 N–H and O–H groups in total. The van der Waals surface area contributed by atoms with Crippen LogP contribution in [0, 0.1) is 0 Å². The summed E-state index contributed by atoms with van der Waals surface area (Å²) in [5.41, 5.74) is 1.56. The van der Waals surface area contributed by atoms with Crippen LogP contribution in [0.25, 0.3) is 6.08 Å². The van der Waals surface area contributed by atoms with Crippen molar-refractivity contribution in [3.05, 3.63) is 41.6 Å². The van der Waals surface area contributed by atoms with Crippen molar-refractivity contribution in [3.63, 3.8) is 0 Å². The predicted octanol–water partition coefficient (Wildman–Crippen LogP) is 0.908. The number of hydrogen-bond acceptors (Lipinski definition) is 2. The maximum Gasteiger partial charge on any atom is 0.227 e. The van der Waals surface area contributed by atoms with Crippen molar-refractivity contribution in [2.75, 3.05) is 0 Å². The molecule has 0 bridgehead atoms. The second-order valence-corrected chi connectivity index (χ2v) is 3.28. The minimum Gasteiger partial charge on any atom is -0.386 e. The summed E-state index contributed by atoms with van der Waals surface area (Å²) >= 11 is 0. The molecule has 1 saturated heterocycles. The number of carbonyl (C=O) groups excluding carboxylic acids is 1. The van der Waals surface area contributed by atoms with E-state index in [0.717, 1.165) is 5.56 Å². The van der Waals surface area contributed by atoms with E-state index in [1.807, 2.05) is 30.3 Å². The summed E-state index contributed by atoms with van der Waals surface area (Å²) in [6.07, 6.45) is 1.27. The lowest BCUT2D eigenvalue weighted by atomic mass is 10.1. The Kier molecular flexibility index (Phi) is 2.33. The van der Waals surface area contributed by atoms with Crippen LogP contribution >= 0.6 is 0 Å². The number of amides is 1. The van der Waals surface area contributed by atoms with Crippen molar-refractivity contribution >= 4 is 12.0 Å². The first-order chi connectivity index (χ1) is 6.75. The fourth-order valence-corrected chi connectivity index (χ4v) is 1.44. The van der Waals surface area contributed by atoms with Gasteiger partial charge < -0.3 is 10.4 Å². The van der Waals surface area contributed by atoms with Gasteiger partial charge in [-0.15, -0.1) is 0 Å². The van der Waals surface area contributed by atoms with Gasteiger partial charge in [0.1, 0.15) is 6.10 Å². The molecular formula is C11H11NO2. The van der Waals surface area contributed by atoms with E-state index in [2.05, 4.69) is 5.32 Å². The van der Waals surface area contributed by atoms with E-state index in [0.29, 0.717) is 5.70 Å². The maximum absolute atomic E-state index is 10.9. The number of hydrogen-bond donors (Lipinski definition) is 2. The lowest BCUT2D eigenvalue weighted by molar-refractivity contribution is -0.119. The van der Waals surface area contributed by atoms with Crippen LogP contribution < -0.4 is 5.32 Å². The fraction of sp³-hybridized carbons (Fsp3) is 0.182. The average Bonchev–Trinajstić information content (AvgIpc) is 2.47. The second kappa shape index (κ2) is 3.64. The lowest BCUT2D eigenvalue weighted by Gasteiger charge is -2.02. The Balaban J connectivity index is 2.23. The molecule has 72 valence electrons. The summed E-state index contributed by atoms with van der Waals surface area (Å²) in [6.45, 7) is 0. The lowest BCUT2D eigenvalue weighted by Crippen LogP contribution is -2.13. The van der Waals surface area contributed by atoms with Crippen LogP contribution in [0.5, 0.6) is 0 Å². The average molecular weight is 189 g/mol. The Morgan fingerprint density at radius 1 is 1.36 bits per heavy atom. The van der Waals surface area contributed by atoms with Gasteiger partial charge in [-0.1, -0.05) is 30.3 Å². The van der Waals surface area contributed by atoms with Gasteiger partial charge >= 0.3 is 0 Å². The first-order valence-electron chi connectivity index (χ1n) is 4.50. The molecule has 1 heterocycles. The standard InChI is InChI=1S/C11H11NO2/c13-10-7-11(14)12-9(10)6-8-4-2-1-3-5-8/h1-6,10,13H,7H2,(H,12,14)/b9-6-. The van der Waals surface area contributed by atoms with Gasteiger partial charge in [-0.2, -0.15) is 0 Å². The van der Waals surface area contributed by atoms with E-state index in [1.54, 1.807) is 6.08 Å². The molecule has 3 nitrogen and oxygen atoms in total. The van der Waals surface area contributed by atoms with Crippen LogP contribution in [0.3, 0.4) is 0 Å². The monoisotopic (exact) mass is 189 g/mol. The number of benzene rings is 1. The van der Waals surface area contributed by atoms with Gasteiger partial charge in [-0.05, 0) is 11.6 Å². The molecule has 1 aromatic carbocycles. The zero-order chi connectivity index (χ0) is 9.97. The highest BCUT2D eigenvalue weighted by Crippen LogP contribution is 2.15. The molecule has 0 radical (unpaired) electrons. The summed E-state index contributed by atoms with van der Waals surface area (Å²) in [7, 11) is 0. The van der Waals surface area contributed by atoms with E-state index in [1.165, 1.54) is 0 Å². The Hall–Kier alpha value is -1.61. The summed E-state index contributed by atoms with van der Waals surface area (Å²) in [4.78, 5) is 10.9. The van der Waals surface area contributed by atoms with Crippen LogP contribution in [-0.4, -0.2) is 17.1 Å². The van der Waals surface area contributed by atoms with Crippen LogP contribution in [0.2, 0.25) is 0 Å². The molecule has 0 aromatic heterocycles. The Morgan fingerprint density at radius 3 is 2.64 bits per heavy atom. The van der Waals surface area contributed by atoms with E-state index in [-0.39, 0.29) is 12.3 Å². The summed E-state index contributed by atoms with van der Waals surface area (Å²) in [5.74, 6) is -0.125. The molecule has 1 atom stereocenters. The molecule has 2 rings (SSSR count). The summed E-state index contributed by atoms with van der Waals surface area (Å²) in [6, 6.07) is 9.59. The molecule has 1 aromatic rings. The molecule has 1 aliphatic rings. The number of carbonyl (C=O) groups is 1. The quantitative estimate of drug-likeness (QED) is 0.689. The third-order valence-electron chi connectivity index (χ3n) is 2.14. The smallest absolute Gasteiger partial charge is 0.227 e. The largest absolute Gasteiger partial charge is 0.386 e. The highest BCUT2D eigenvalue weighted by Gasteiger charge is 2.24. The van der Waals surface area contributed by atoms with Crippen molar-refractivity contribution in [3.8, 4) is 0 Å². The van der Waals surface area contributed by atoms with Crippen molar-refractivity contribution in [1.29, 1.82) is 0 Å². The van der Waals surface area contributed by atoms with Gasteiger partial charge in [0, 0.05) is 5.70 Å². The zero-order valence-corrected chi connectivity index (χ0v) is 7.60. The van der Waals surface area contributed by atoms with Gasteiger partial charge in [0.15, 0.2) is 0 Å². The topological polar surface area (TPSA) is 49.3 Å².